The predicted octanol–water partition coefficient (Wildman–Crippen LogP) is 1.28. The molecule has 2 N–H and O–H groups in total. The summed E-state index contributed by atoms with van der Waals surface area (Å²) in [6.07, 6.45) is 1.57. The second-order valence-corrected chi connectivity index (χ2v) is 3.36. The number of fused-ring (bicyclic) bond motifs is 1. The summed E-state index contributed by atoms with van der Waals surface area (Å²) in [5.74, 6) is 0.454. The van der Waals surface area contributed by atoms with E-state index in [4.69, 9.17) is 5.73 Å². The number of benzene rings is 1. The van der Waals surface area contributed by atoms with Gasteiger partial charge in [-0.1, -0.05) is 0 Å². The molecule has 0 atom stereocenters. The molecule has 0 unspecified atom stereocenters. The lowest BCUT2D eigenvalue weighted by molar-refractivity contribution is 1.13. The summed E-state index contributed by atoms with van der Waals surface area (Å²) in [5.41, 5.74) is 8.34. The molecule has 0 aliphatic heterocycles. The van der Waals surface area contributed by atoms with Crippen LogP contribution in [0.1, 0.15) is 0 Å². The average molecular weight is 188 g/mol. The standard InChI is InChI=1S/C10H12N4/c1-14(2)7-3-4-8-9(5-7)12-6-10(11)13-8/h3-6H,1-2H3,(H2,11,13). The molecule has 4 heteroatoms. The summed E-state index contributed by atoms with van der Waals surface area (Å²) in [4.78, 5) is 10.4. The molecule has 0 radical (unpaired) electrons. The smallest absolute Gasteiger partial charge is 0.142 e. The van der Waals surface area contributed by atoms with Crippen LogP contribution in [0.2, 0.25) is 0 Å². The van der Waals surface area contributed by atoms with Crippen LogP contribution in [0, 0.1) is 0 Å². The van der Waals surface area contributed by atoms with Crippen LogP contribution in [0.3, 0.4) is 0 Å². The van der Waals surface area contributed by atoms with Crippen LogP contribution in [-0.2, 0) is 0 Å². The zero-order valence-electron chi connectivity index (χ0n) is 8.23. The maximum atomic E-state index is 5.54. The van der Waals surface area contributed by atoms with E-state index in [9.17, 15) is 0 Å². The molecule has 1 heterocycles. The highest BCUT2D eigenvalue weighted by Crippen LogP contribution is 2.18. The van der Waals surface area contributed by atoms with Gasteiger partial charge in [0, 0.05) is 19.8 Å². The first-order chi connectivity index (χ1) is 6.66. The van der Waals surface area contributed by atoms with Crippen molar-refractivity contribution in [2.75, 3.05) is 24.7 Å². The number of nitrogen functional groups attached to an aromatic ring is 1. The lowest BCUT2D eigenvalue weighted by atomic mass is 10.2. The second-order valence-electron chi connectivity index (χ2n) is 3.36. The van der Waals surface area contributed by atoms with E-state index in [1.165, 1.54) is 0 Å². The van der Waals surface area contributed by atoms with Gasteiger partial charge in [-0.05, 0) is 18.2 Å². The van der Waals surface area contributed by atoms with Gasteiger partial charge in [-0.15, -0.1) is 0 Å². The first-order valence-electron chi connectivity index (χ1n) is 4.36. The van der Waals surface area contributed by atoms with E-state index in [0.29, 0.717) is 5.82 Å². The third-order valence-electron chi connectivity index (χ3n) is 2.06. The van der Waals surface area contributed by atoms with Crippen molar-refractivity contribution in [1.82, 2.24) is 9.97 Å². The average Bonchev–Trinajstić information content (AvgIpc) is 2.16. The Morgan fingerprint density at radius 1 is 1.21 bits per heavy atom. The summed E-state index contributed by atoms with van der Waals surface area (Å²) in [7, 11) is 3.98. The predicted molar refractivity (Wildman–Crippen MR) is 58.3 cm³/mol. The van der Waals surface area contributed by atoms with E-state index in [0.717, 1.165) is 16.7 Å². The normalized spacial score (nSPS) is 10.4. The molecule has 72 valence electrons. The fourth-order valence-corrected chi connectivity index (χ4v) is 1.29. The van der Waals surface area contributed by atoms with Crippen molar-refractivity contribution in [2.24, 2.45) is 0 Å². The fraction of sp³-hybridized carbons (Fsp3) is 0.200. The minimum absolute atomic E-state index is 0.454. The monoisotopic (exact) mass is 188 g/mol. The molecule has 0 bridgehead atoms. The van der Waals surface area contributed by atoms with E-state index in [1.807, 2.05) is 37.2 Å². The molecule has 0 amide bonds. The van der Waals surface area contributed by atoms with Crippen LogP contribution in [0.5, 0.6) is 0 Å². The number of hydrogen-bond donors (Lipinski definition) is 1. The lowest BCUT2D eigenvalue weighted by Gasteiger charge is -2.12. The maximum Gasteiger partial charge on any atom is 0.142 e. The number of aromatic nitrogens is 2. The van der Waals surface area contributed by atoms with Gasteiger partial charge in [0.1, 0.15) is 5.82 Å². The van der Waals surface area contributed by atoms with Gasteiger partial charge in [0.2, 0.25) is 0 Å². The van der Waals surface area contributed by atoms with Crippen molar-refractivity contribution in [3.63, 3.8) is 0 Å². The Balaban J connectivity index is 2.62. The quantitative estimate of drug-likeness (QED) is 0.732. The summed E-state index contributed by atoms with van der Waals surface area (Å²) >= 11 is 0. The first kappa shape index (κ1) is 8.74. The van der Waals surface area contributed by atoms with Gasteiger partial charge in [-0.2, -0.15) is 0 Å². The molecule has 1 aromatic heterocycles. The Bertz CT molecular complexity index is 465. The summed E-state index contributed by atoms with van der Waals surface area (Å²) in [6.45, 7) is 0. The third-order valence-corrected chi connectivity index (χ3v) is 2.06. The van der Waals surface area contributed by atoms with Gasteiger partial charge in [0.05, 0.1) is 17.2 Å². The molecule has 0 fully saturated rings. The van der Waals surface area contributed by atoms with E-state index in [2.05, 4.69) is 9.97 Å². The van der Waals surface area contributed by atoms with E-state index >= 15 is 0 Å². The minimum atomic E-state index is 0.454. The molecular formula is C10H12N4. The van der Waals surface area contributed by atoms with Crippen molar-refractivity contribution >= 4 is 22.5 Å². The van der Waals surface area contributed by atoms with Crippen LogP contribution in [0.25, 0.3) is 11.0 Å². The molecule has 2 aromatic rings. The van der Waals surface area contributed by atoms with Gasteiger partial charge >= 0.3 is 0 Å². The molecule has 1 aromatic carbocycles. The lowest BCUT2D eigenvalue weighted by Crippen LogP contribution is -2.08. The largest absolute Gasteiger partial charge is 0.382 e. The van der Waals surface area contributed by atoms with Crippen molar-refractivity contribution < 1.29 is 0 Å². The summed E-state index contributed by atoms with van der Waals surface area (Å²) in [6, 6.07) is 5.91. The Hall–Kier alpha value is -1.84. The molecule has 0 aliphatic rings. The Morgan fingerprint density at radius 3 is 2.71 bits per heavy atom. The second kappa shape index (κ2) is 3.14. The highest BCUT2D eigenvalue weighted by Gasteiger charge is 2.00. The van der Waals surface area contributed by atoms with Crippen molar-refractivity contribution in [2.45, 2.75) is 0 Å². The van der Waals surface area contributed by atoms with Crippen LogP contribution in [0.4, 0.5) is 11.5 Å². The highest BCUT2D eigenvalue weighted by molar-refractivity contribution is 5.79. The van der Waals surface area contributed by atoms with E-state index in [1.54, 1.807) is 6.20 Å². The third kappa shape index (κ3) is 1.46. The SMILES string of the molecule is CN(C)c1ccc2nc(N)cnc2c1. The molecule has 0 saturated heterocycles. The van der Waals surface area contributed by atoms with Crippen LogP contribution < -0.4 is 10.6 Å². The van der Waals surface area contributed by atoms with Crippen molar-refractivity contribution in [3.05, 3.63) is 24.4 Å². The molecule has 2 rings (SSSR count). The van der Waals surface area contributed by atoms with Crippen LogP contribution in [-0.4, -0.2) is 24.1 Å². The number of nitrogens with zero attached hydrogens (tertiary/aromatic N) is 3. The van der Waals surface area contributed by atoms with E-state index in [-0.39, 0.29) is 0 Å². The topological polar surface area (TPSA) is 55.0 Å². The Morgan fingerprint density at radius 2 is 2.00 bits per heavy atom. The zero-order chi connectivity index (χ0) is 10.1. The molecule has 14 heavy (non-hydrogen) atoms. The minimum Gasteiger partial charge on any atom is -0.382 e. The number of hydrogen-bond acceptors (Lipinski definition) is 4. The highest BCUT2D eigenvalue weighted by atomic mass is 15.1. The fourth-order valence-electron chi connectivity index (χ4n) is 1.29. The van der Waals surface area contributed by atoms with Gasteiger partial charge in [0.15, 0.2) is 0 Å². The van der Waals surface area contributed by atoms with Gasteiger partial charge in [0.25, 0.3) is 0 Å². The molecule has 0 spiro atoms. The maximum absolute atomic E-state index is 5.54. The summed E-state index contributed by atoms with van der Waals surface area (Å²) < 4.78 is 0. The van der Waals surface area contributed by atoms with Crippen LogP contribution in [0.15, 0.2) is 24.4 Å². The van der Waals surface area contributed by atoms with Crippen molar-refractivity contribution in [3.8, 4) is 0 Å². The van der Waals surface area contributed by atoms with Gasteiger partial charge < -0.3 is 10.6 Å². The number of nitrogens with two attached hydrogens (primary N) is 1. The molecule has 0 saturated carbocycles. The van der Waals surface area contributed by atoms with Crippen LogP contribution >= 0.6 is 0 Å². The Kier molecular flexibility index (Phi) is 1.96. The summed E-state index contributed by atoms with van der Waals surface area (Å²) in [5, 5.41) is 0. The number of rotatable bonds is 1. The van der Waals surface area contributed by atoms with Gasteiger partial charge in [-0.25, -0.2) is 4.98 Å². The van der Waals surface area contributed by atoms with E-state index < -0.39 is 0 Å². The molecule has 0 aliphatic carbocycles. The molecular weight excluding hydrogens is 176 g/mol. The number of anilines is 2. The van der Waals surface area contributed by atoms with Gasteiger partial charge in [-0.3, -0.25) is 4.98 Å². The first-order valence-corrected chi connectivity index (χ1v) is 4.36. The zero-order valence-corrected chi connectivity index (χ0v) is 8.23. The molecule has 4 nitrogen and oxygen atoms in total. The Labute approximate surface area is 82.4 Å². The van der Waals surface area contributed by atoms with Crippen molar-refractivity contribution in [1.29, 1.82) is 0 Å².